The van der Waals surface area contributed by atoms with Gasteiger partial charge in [0.25, 0.3) is 0 Å². The zero-order valence-electron chi connectivity index (χ0n) is 18.9. The molecule has 8 nitrogen and oxygen atoms in total. The van der Waals surface area contributed by atoms with Crippen molar-refractivity contribution in [2.45, 2.75) is 40.5 Å². The largest absolute Gasteiger partial charge is 2.00 e. The minimum Gasteiger partial charge on any atom is -0.741 e. The van der Waals surface area contributed by atoms with E-state index in [-0.39, 0.29) is 24.6 Å². The summed E-state index contributed by atoms with van der Waals surface area (Å²) >= 11 is 10.0. The molecule has 0 bridgehead atoms. The molecule has 0 aromatic heterocycles. The fraction of sp³-hybridized carbons (Fsp3) is 0.450. The summed E-state index contributed by atoms with van der Waals surface area (Å²) in [6.45, 7) is 10.0. The summed E-state index contributed by atoms with van der Waals surface area (Å²) < 4.78 is 0. The number of benzene rings is 1. The maximum absolute atomic E-state index is 5.11. The second-order valence-electron chi connectivity index (χ2n) is 6.38. The average molecular weight is 512 g/mol. The van der Waals surface area contributed by atoms with Gasteiger partial charge in [0.1, 0.15) is 0 Å². The Morgan fingerprint density at radius 2 is 1.42 bits per heavy atom. The number of hydrazone groups is 1. The summed E-state index contributed by atoms with van der Waals surface area (Å²) in [4.78, 5) is 2.39. The first-order valence-corrected chi connectivity index (χ1v) is 10.6. The molecular weight excluding hydrogens is 482 g/mol. The standard InChI is InChI=1S/C20H32N8S2.Zn/c1-6-12-28(13-7-2)18-10-8-17(9-11-18)14-22-25-20(30)27-24-16(4)15(3)23-26-19(29)21-5;/h8-11,14H,6-7,12-13H2,1-5H3,(H2,21,26,29)(H2,25,27,30);/q;+2/p-2/b22-14+,23-15+,24-16+;. The van der Waals surface area contributed by atoms with Crippen molar-refractivity contribution in [3.63, 3.8) is 0 Å². The van der Waals surface area contributed by atoms with E-state index in [4.69, 9.17) is 25.3 Å². The Morgan fingerprint density at radius 1 is 0.903 bits per heavy atom. The van der Waals surface area contributed by atoms with Crippen molar-refractivity contribution in [2.24, 2.45) is 25.5 Å². The Hall–Kier alpha value is -1.97. The Bertz CT molecular complexity index is 798. The third kappa shape index (κ3) is 11.9. The van der Waals surface area contributed by atoms with Gasteiger partial charge in [0.05, 0.1) is 17.6 Å². The SMILES string of the molecule is CCCN(CCC)c1ccc(/C=N/N/C([S-])=N/N=C(C)/C(C)=N/N=C(\[S-])NC)cc1.[Zn+2]. The summed E-state index contributed by atoms with van der Waals surface area (Å²) in [5, 5.41) is 23.0. The third-order valence-corrected chi connectivity index (χ3v) is 4.40. The second kappa shape index (κ2) is 16.7. The van der Waals surface area contributed by atoms with E-state index in [1.54, 1.807) is 27.1 Å². The normalized spacial score (nSPS) is 13.2. The number of nitrogens with zero attached hydrogens (tertiary/aromatic N) is 6. The third-order valence-electron chi connectivity index (χ3n) is 3.94. The molecule has 0 aliphatic rings. The van der Waals surface area contributed by atoms with E-state index in [1.165, 1.54) is 5.69 Å². The van der Waals surface area contributed by atoms with Crippen molar-refractivity contribution in [3.8, 4) is 0 Å². The van der Waals surface area contributed by atoms with E-state index in [2.05, 4.69) is 67.1 Å². The molecule has 1 rings (SSSR count). The smallest absolute Gasteiger partial charge is 0.741 e. The topological polar surface area (TPSA) is 89.1 Å². The average Bonchev–Trinajstić information content (AvgIpc) is 2.75. The zero-order chi connectivity index (χ0) is 22.4. The van der Waals surface area contributed by atoms with Gasteiger partial charge in [-0.1, -0.05) is 26.0 Å². The molecule has 0 spiro atoms. The maximum Gasteiger partial charge on any atom is 2.00 e. The first-order chi connectivity index (χ1) is 14.4. The van der Waals surface area contributed by atoms with Crippen LogP contribution in [0.15, 0.2) is 49.8 Å². The number of amidine groups is 2. The van der Waals surface area contributed by atoms with Gasteiger partial charge in [-0.2, -0.15) is 25.5 Å². The monoisotopic (exact) mass is 510 g/mol. The molecule has 0 unspecified atom stereocenters. The van der Waals surface area contributed by atoms with E-state index < -0.39 is 0 Å². The van der Waals surface area contributed by atoms with Gasteiger partial charge in [-0.05, 0) is 49.6 Å². The molecule has 0 radical (unpaired) electrons. The van der Waals surface area contributed by atoms with Crippen molar-refractivity contribution in [3.05, 3.63) is 29.8 Å². The Balaban J connectivity index is 0.00000900. The van der Waals surface area contributed by atoms with Crippen LogP contribution >= 0.6 is 0 Å². The summed E-state index contributed by atoms with van der Waals surface area (Å²) in [5.41, 5.74) is 6.03. The molecule has 0 saturated carbocycles. The van der Waals surface area contributed by atoms with Gasteiger partial charge in [0, 0.05) is 31.0 Å². The molecule has 31 heavy (non-hydrogen) atoms. The molecule has 0 amide bonds. The molecule has 0 aliphatic heterocycles. The number of nitrogens with one attached hydrogen (secondary N) is 2. The van der Waals surface area contributed by atoms with E-state index >= 15 is 0 Å². The Kier molecular flexibility index (Phi) is 15.6. The van der Waals surface area contributed by atoms with Gasteiger partial charge in [-0.25, -0.2) is 0 Å². The van der Waals surface area contributed by atoms with E-state index in [0.29, 0.717) is 16.6 Å². The molecule has 1 aromatic rings. The van der Waals surface area contributed by atoms with Crippen LogP contribution in [0.5, 0.6) is 0 Å². The van der Waals surface area contributed by atoms with Crippen LogP contribution in [0, 0.1) is 0 Å². The fourth-order valence-electron chi connectivity index (χ4n) is 2.30. The van der Waals surface area contributed by atoms with Crippen LogP contribution in [0.3, 0.4) is 0 Å². The van der Waals surface area contributed by atoms with Crippen LogP contribution < -0.4 is 15.6 Å². The maximum atomic E-state index is 5.11. The summed E-state index contributed by atoms with van der Waals surface area (Å²) in [5.74, 6) is 0. The van der Waals surface area contributed by atoms with Crippen molar-refractivity contribution < 1.29 is 19.5 Å². The Labute approximate surface area is 209 Å². The van der Waals surface area contributed by atoms with Crippen LogP contribution in [0.4, 0.5) is 5.69 Å². The number of rotatable bonds is 10. The molecule has 2 N–H and O–H groups in total. The molecule has 0 heterocycles. The molecule has 0 atom stereocenters. The van der Waals surface area contributed by atoms with Crippen LogP contribution in [-0.2, 0) is 44.7 Å². The summed E-state index contributed by atoms with van der Waals surface area (Å²) in [6.07, 6.45) is 3.94. The summed E-state index contributed by atoms with van der Waals surface area (Å²) in [7, 11) is 1.68. The van der Waals surface area contributed by atoms with Crippen molar-refractivity contribution in [2.75, 3.05) is 25.0 Å². The molecule has 164 valence electrons. The molecule has 0 fully saturated rings. The predicted octanol–water partition coefficient (Wildman–Crippen LogP) is 3.01. The first kappa shape index (κ1) is 29.0. The van der Waals surface area contributed by atoms with Crippen LogP contribution in [-0.4, -0.2) is 48.1 Å². The minimum absolute atomic E-state index is 0. The van der Waals surface area contributed by atoms with E-state index in [0.717, 1.165) is 31.5 Å². The van der Waals surface area contributed by atoms with Gasteiger partial charge in [0.15, 0.2) is 0 Å². The molecule has 11 heteroatoms. The second-order valence-corrected chi connectivity index (χ2v) is 7.15. The zero-order valence-corrected chi connectivity index (χ0v) is 23.5. The van der Waals surface area contributed by atoms with Gasteiger partial charge in [0.2, 0.25) is 0 Å². The van der Waals surface area contributed by atoms with Crippen molar-refractivity contribution in [1.82, 2.24) is 10.7 Å². The number of anilines is 1. The Morgan fingerprint density at radius 3 is 1.90 bits per heavy atom. The fourth-order valence-corrected chi connectivity index (χ4v) is 2.44. The minimum atomic E-state index is 0. The molecular formula is C20H30N8S2Zn. The molecule has 0 saturated heterocycles. The summed E-state index contributed by atoms with van der Waals surface area (Å²) in [6, 6.07) is 8.27. The van der Waals surface area contributed by atoms with Gasteiger partial charge in [-0.3, -0.25) is 5.43 Å². The van der Waals surface area contributed by atoms with Crippen LogP contribution in [0.1, 0.15) is 46.1 Å². The first-order valence-electron chi connectivity index (χ1n) is 9.81. The molecule has 0 aliphatic carbocycles. The number of hydrogen-bond donors (Lipinski definition) is 2. The van der Waals surface area contributed by atoms with E-state index in [1.807, 2.05) is 12.1 Å². The quantitative estimate of drug-likeness (QED) is 0.166. The van der Waals surface area contributed by atoms with Gasteiger partial charge in [-0.15, -0.1) is 0 Å². The molecule has 1 aromatic carbocycles. The van der Waals surface area contributed by atoms with Gasteiger partial charge >= 0.3 is 19.5 Å². The predicted molar refractivity (Wildman–Crippen MR) is 135 cm³/mol. The van der Waals surface area contributed by atoms with Crippen LogP contribution in [0.2, 0.25) is 0 Å². The van der Waals surface area contributed by atoms with Crippen molar-refractivity contribution in [1.29, 1.82) is 0 Å². The van der Waals surface area contributed by atoms with Crippen LogP contribution in [0.25, 0.3) is 0 Å². The number of hydrogen-bond acceptors (Lipinski definition) is 8. The van der Waals surface area contributed by atoms with E-state index in [9.17, 15) is 0 Å². The van der Waals surface area contributed by atoms with Gasteiger partial charge < -0.3 is 35.5 Å². The van der Waals surface area contributed by atoms with Crippen molar-refractivity contribution >= 4 is 58.9 Å².